The monoisotopic (exact) mass is 288 g/mol. The van der Waals surface area contributed by atoms with Crippen molar-refractivity contribution < 1.29 is 5.11 Å². The highest BCUT2D eigenvalue weighted by Crippen LogP contribution is 2.39. The second-order valence-corrected chi connectivity index (χ2v) is 7.10. The van der Waals surface area contributed by atoms with Crippen LogP contribution < -0.4 is 0 Å². The Morgan fingerprint density at radius 1 is 1.11 bits per heavy atom. The zero-order chi connectivity index (χ0) is 13.1. The first-order chi connectivity index (χ1) is 9.35. The van der Waals surface area contributed by atoms with Gasteiger partial charge in [-0.2, -0.15) is 0 Å². The van der Waals surface area contributed by atoms with Crippen molar-refractivity contribution in [1.29, 1.82) is 0 Å². The molecule has 1 heterocycles. The zero-order valence-corrected chi connectivity index (χ0v) is 12.2. The van der Waals surface area contributed by atoms with E-state index in [9.17, 15) is 0 Å². The van der Waals surface area contributed by atoms with Crippen LogP contribution in [0.5, 0.6) is 0 Å². The smallest absolute Gasteiger partial charge is 0.0681 e. The molecule has 19 heavy (non-hydrogen) atoms. The molecule has 0 bridgehead atoms. The van der Waals surface area contributed by atoms with Crippen molar-refractivity contribution in [3.05, 3.63) is 59.7 Å². The highest BCUT2D eigenvalue weighted by molar-refractivity contribution is 8.03. The van der Waals surface area contributed by atoms with E-state index in [0.29, 0.717) is 5.25 Å². The van der Waals surface area contributed by atoms with E-state index in [2.05, 4.69) is 36.4 Å². The molecule has 0 amide bonds. The first-order valence-electron chi connectivity index (χ1n) is 6.42. The third kappa shape index (κ3) is 3.16. The van der Waals surface area contributed by atoms with Gasteiger partial charge in [0.25, 0.3) is 0 Å². The van der Waals surface area contributed by atoms with Gasteiger partial charge in [-0.05, 0) is 35.7 Å². The molecule has 1 aliphatic rings. The van der Waals surface area contributed by atoms with E-state index in [1.54, 1.807) is 0 Å². The molecular weight excluding hydrogens is 272 g/mol. The van der Waals surface area contributed by atoms with E-state index in [1.807, 2.05) is 35.7 Å². The second kappa shape index (κ2) is 6.04. The molecule has 1 atom stereocenters. The first kappa shape index (κ1) is 13.1. The molecule has 0 radical (unpaired) electrons. The van der Waals surface area contributed by atoms with Gasteiger partial charge in [-0.1, -0.05) is 30.3 Å². The van der Waals surface area contributed by atoms with Crippen molar-refractivity contribution in [2.24, 2.45) is 0 Å². The van der Waals surface area contributed by atoms with Gasteiger partial charge in [0, 0.05) is 20.8 Å². The summed E-state index contributed by atoms with van der Waals surface area (Å²) in [5.74, 6) is 1.14. The number of thioether (sulfide) groups is 2. The molecule has 0 saturated heterocycles. The lowest BCUT2D eigenvalue weighted by molar-refractivity contribution is 0.282. The predicted molar refractivity (Wildman–Crippen MR) is 82.9 cm³/mol. The van der Waals surface area contributed by atoms with Crippen molar-refractivity contribution in [1.82, 2.24) is 0 Å². The maximum atomic E-state index is 9.02. The van der Waals surface area contributed by atoms with Gasteiger partial charge < -0.3 is 5.11 Å². The highest BCUT2D eigenvalue weighted by atomic mass is 32.2. The topological polar surface area (TPSA) is 20.2 Å². The van der Waals surface area contributed by atoms with Crippen LogP contribution >= 0.6 is 23.5 Å². The Morgan fingerprint density at radius 2 is 1.89 bits per heavy atom. The van der Waals surface area contributed by atoms with Gasteiger partial charge in [-0.3, -0.25) is 0 Å². The molecule has 1 aliphatic heterocycles. The van der Waals surface area contributed by atoms with Gasteiger partial charge in [0.2, 0.25) is 0 Å². The van der Waals surface area contributed by atoms with E-state index in [-0.39, 0.29) is 6.61 Å². The quantitative estimate of drug-likeness (QED) is 0.859. The third-order valence-corrected chi connectivity index (χ3v) is 5.96. The van der Waals surface area contributed by atoms with E-state index >= 15 is 0 Å². The number of aliphatic hydroxyl groups is 1. The Hall–Kier alpha value is -0.900. The molecule has 0 saturated carbocycles. The van der Waals surface area contributed by atoms with Crippen molar-refractivity contribution in [3.63, 3.8) is 0 Å². The minimum Gasteiger partial charge on any atom is -0.392 e. The summed E-state index contributed by atoms with van der Waals surface area (Å²) in [5.41, 5.74) is 2.47. The summed E-state index contributed by atoms with van der Waals surface area (Å²) in [6, 6.07) is 16.9. The van der Waals surface area contributed by atoms with Crippen LogP contribution in [-0.2, 0) is 13.0 Å². The number of benzene rings is 2. The molecule has 0 aliphatic carbocycles. The Bertz CT molecular complexity index is 526. The lowest BCUT2D eigenvalue weighted by Crippen LogP contribution is -2.03. The summed E-state index contributed by atoms with van der Waals surface area (Å²) < 4.78 is 0. The molecule has 3 rings (SSSR count). The van der Waals surface area contributed by atoms with Crippen molar-refractivity contribution in [3.8, 4) is 0 Å². The van der Waals surface area contributed by atoms with Crippen molar-refractivity contribution >= 4 is 23.5 Å². The standard InChI is InChI=1S/C16H16OS2/c17-10-12-5-7-14(8-6-12)18-11-15-9-13-3-1-2-4-16(13)19-15/h1-8,15,17H,9-11H2. The van der Waals surface area contributed by atoms with Crippen LogP contribution in [0.25, 0.3) is 0 Å². The van der Waals surface area contributed by atoms with E-state index in [1.165, 1.54) is 21.8 Å². The van der Waals surface area contributed by atoms with E-state index < -0.39 is 0 Å². The molecule has 98 valence electrons. The average molecular weight is 288 g/mol. The van der Waals surface area contributed by atoms with Gasteiger partial charge in [0.1, 0.15) is 0 Å². The Labute approximate surface area is 122 Å². The SMILES string of the molecule is OCc1ccc(SCC2Cc3ccccc3S2)cc1. The molecule has 2 aromatic carbocycles. The molecule has 1 N–H and O–H groups in total. The fourth-order valence-corrected chi connectivity index (χ4v) is 4.61. The summed E-state index contributed by atoms with van der Waals surface area (Å²) in [6.45, 7) is 0.124. The minimum absolute atomic E-state index is 0.124. The van der Waals surface area contributed by atoms with Gasteiger partial charge in [0.05, 0.1) is 6.61 Å². The summed E-state index contributed by atoms with van der Waals surface area (Å²) in [4.78, 5) is 2.73. The number of hydrogen-bond acceptors (Lipinski definition) is 3. The third-order valence-electron chi connectivity index (χ3n) is 3.26. The summed E-state index contributed by atoms with van der Waals surface area (Å²) in [6.07, 6.45) is 1.18. The summed E-state index contributed by atoms with van der Waals surface area (Å²) in [7, 11) is 0. The first-order valence-corrected chi connectivity index (χ1v) is 8.29. The van der Waals surface area contributed by atoms with Crippen LogP contribution in [0, 0.1) is 0 Å². The fraction of sp³-hybridized carbons (Fsp3) is 0.250. The predicted octanol–water partition coefficient (Wildman–Crippen LogP) is 3.99. The molecule has 2 aromatic rings. The van der Waals surface area contributed by atoms with Gasteiger partial charge in [-0.25, -0.2) is 0 Å². The van der Waals surface area contributed by atoms with Crippen molar-refractivity contribution in [2.45, 2.75) is 28.1 Å². The number of rotatable bonds is 4. The molecule has 1 nitrogen and oxygen atoms in total. The molecule has 0 aromatic heterocycles. The fourth-order valence-electron chi connectivity index (χ4n) is 2.23. The molecular formula is C16H16OS2. The minimum atomic E-state index is 0.124. The van der Waals surface area contributed by atoms with Crippen molar-refractivity contribution in [2.75, 3.05) is 5.75 Å². The number of aliphatic hydroxyl groups excluding tert-OH is 1. The van der Waals surface area contributed by atoms with Crippen LogP contribution in [0.15, 0.2) is 58.3 Å². The number of hydrogen-bond donors (Lipinski definition) is 1. The zero-order valence-electron chi connectivity index (χ0n) is 10.6. The lowest BCUT2D eigenvalue weighted by Gasteiger charge is -2.08. The summed E-state index contributed by atoms with van der Waals surface area (Å²) >= 11 is 3.91. The molecule has 0 fully saturated rings. The van der Waals surface area contributed by atoms with Crippen LogP contribution in [-0.4, -0.2) is 16.1 Å². The summed E-state index contributed by atoms with van der Waals surface area (Å²) in [5, 5.41) is 9.70. The number of fused-ring (bicyclic) bond motifs is 1. The molecule has 0 spiro atoms. The van der Waals surface area contributed by atoms with Gasteiger partial charge in [-0.15, -0.1) is 23.5 Å². The van der Waals surface area contributed by atoms with Crippen LogP contribution in [0.2, 0.25) is 0 Å². The Kier molecular flexibility index (Phi) is 4.16. The van der Waals surface area contributed by atoms with E-state index in [0.717, 1.165) is 11.3 Å². The lowest BCUT2D eigenvalue weighted by atomic mass is 10.1. The largest absolute Gasteiger partial charge is 0.392 e. The van der Waals surface area contributed by atoms with Gasteiger partial charge in [0.15, 0.2) is 0 Å². The van der Waals surface area contributed by atoms with Crippen LogP contribution in [0.4, 0.5) is 0 Å². The Balaban J connectivity index is 1.56. The maximum absolute atomic E-state index is 9.02. The van der Waals surface area contributed by atoms with E-state index in [4.69, 9.17) is 5.11 Å². The van der Waals surface area contributed by atoms with Crippen LogP contribution in [0.3, 0.4) is 0 Å². The van der Waals surface area contributed by atoms with Crippen LogP contribution in [0.1, 0.15) is 11.1 Å². The average Bonchev–Trinajstić information content (AvgIpc) is 2.88. The Morgan fingerprint density at radius 3 is 2.63 bits per heavy atom. The maximum Gasteiger partial charge on any atom is 0.0681 e. The molecule has 3 heteroatoms. The molecule has 1 unspecified atom stereocenters. The highest BCUT2D eigenvalue weighted by Gasteiger charge is 2.21. The van der Waals surface area contributed by atoms with Gasteiger partial charge >= 0.3 is 0 Å². The second-order valence-electron chi connectivity index (χ2n) is 4.66. The normalized spacial score (nSPS) is 17.4.